The predicted molar refractivity (Wildman–Crippen MR) is 114 cm³/mol. The normalized spacial score (nSPS) is 12.7. The number of amides is 2. The molecular weight excluding hydrogens is 412 g/mol. The fourth-order valence-electron chi connectivity index (χ4n) is 3.07. The maximum Gasteiger partial charge on any atom is 0.347 e. The van der Waals surface area contributed by atoms with Gasteiger partial charge in [-0.15, -0.1) is 0 Å². The molecule has 8 nitrogen and oxygen atoms in total. The minimum absolute atomic E-state index is 0.106. The number of ether oxygens (including phenoxy) is 2. The molecule has 0 aromatic heterocycles. The summed E-state index contributed by atoms with van der Waals surface area (Å²) in [5.74, 6) is -1.85. The predicted octanol–water partition coefficient (Wildman–Crippen LogP) is 3.46. The Morgan fingerprint density at radius 1 is 0.812 bits per heavy atom. The molecule has 3 aromatic rings. The van der Waals surface area contributed by atoms with Crippen LogP contribution in [0.15, 0.2) is 77.9 Å². The number of nitrogens with zero attached hydrogens (tertiary/aromatic N) is 2. The van der Waals surface area contributed by atoms with E-state index in [2.05, 4.69) is 5.10 Å². The Labute approximate surface area is 182 Å². The molecule has 4 rings (SSSR count). The standard InChI is InChI=1S/C24H16N2O6/c1-15(27)31-21-9-5-4-8-20(21)24(30)32-17-12-10-16(11-13-17)14-25-26-22(28)18-6-2-3-7-19(18)23(26)29/h2-14H,1H3/b25-14+. The van der Waals surface area contributed by atoms with E-state index in [1.54, 1.807) is 48.5 Å². The highest BCUT2D eigenvalue weighted by Gasteiger charge is 2.35. The smallest absolute Gasteiger partial charge is 0.347 e. The van der Waals surface area contributed by atoms with E-state index in [-0.39, 0.29) is 17.1 Å². The molecule has 0 radical (unpaired) electrons. The van der Waals surface area contributed by atoms with E-state index in [0.29, 0.717) is 16.7 Å². The van der Waals surface area contributed by atoms with Crippen LogP contribution in [0.25, 0.3) is 0 Å². The number of carbonyl (C=O) groups excluding carboxylic acids is 4. The molecule has 0 bridgehead atoms. The molecule has 0 saturated heterocycles. The largest absolute Gasteiger partial charge is 0.426 e. The zero-order chi connectivity index (χ0) is 22.7. The zero-order valence-electron chi connectivity index (χ0n) is 16.8. The van der Waals surface area contributed by atoms with Gasteiger partial charge in [0.1, 0.15) is 17.1 Å². The fourth-order valence-corrected chi connectivity index (χ4v) is 3.07. The van der Waals surface area contributed by atoms with E-state index in [1.165, 1.54) is 37.4 Å². The van der Waals surface area contributed by atoms with Crippen LogP contribution in [0.2, 0.25) is 0 Å². The van der Waals surface area contributed by atoms with Gasteiger partial charge in [0.05, 0.1) is 17.3 Å². The van der Waals surface area contributed by atoms with Crippen LogP contribution >= 0.6 is 0 Å². The van der Waals surface area contributed by atoms with Crippen LogP contribution in [0.5, 0.6) is 11.5 Å². The van der Waals surface area contributed by atoms with E-state index < -0.39 is 23.8 Å². The van der Waals surface area contributed by atoms with Gasteiger partial charge in [0.25, 0.3) is 11.8 Å². The van der Waals surface area contributed by atoms with Crippen LogP contribution in [0.3, 0.4) is 0 Å². The molecule has 0 spiro atoms. The van der Waals surface area contributed by atoms with Gasteiger partial charge >= 0.3 is 11.9 Å². The maximum absolute atomic E-state index is 12.5. The van der Waals surface area contributed by atoms with Gasteiger partial charge in [0, 0.05) is 6.92 Å². The first kappa shape index (κ1) is 20.7. The quantitative estimate of drug-likeness (QED) is 0.267. The average molecular weight is 428 g/mol. The molecule has 2 amide bonds. The first-order chi connectivity index (χ1) is 15.4. The summed E-state index contributed by atoms with van der Waals surface area (Å²) in [7, 11) is 0. The van der Waals surface area contributed by atoms with Gasteiger partial charge in [-0.05, 0) is 54.1 Å². The molecule has 8 heteroatoms. The lowest BCUT2D eigenvalue weighted by Gasteiger charge is -2.09. The SMILES string of the molecule is CC(=O)Oc1ccccc1C(=O)Oc1ccc(/C=N/N2C(=O)c3ccccc3C2=O)cc1. The van der Waals surface area contributed by atoms with Gasteiger partial charge in [0.15, 0.2) is 0 Å². The maximum atomic E-state index is 12.5. The number of esters is 2. The Morgan fingerprint density at radius 2 is 1.41 bits per heavy atom. The van der Waals surface area contributed by atoms with E-state index in [9.17, 15) is 19.2 Å². The number of hydrogen-bond acceptors (Lipinski definition) is 7. The molecule has 1 aliphatic heterocycles. The molecule has 1 heterocycles. The molecule has 0 unspecified atom stereocenters. The summed E-state index contributed by atoms with van der Waals surface area (Å²) in [4.78, 5) is 48.3. The molecule has 3 aromatic carbocycles. The Balaban J connectivity index is 1.44. The number of rotatable bonds is 5. The average Bonchev–Trinajstić information content (AvgIpc) is 3.03. The van der Waals surface area contributed by atoms with Gasteiger partial charge in [-0.1, -0.05) is 24.3 Å². The number of para-hydroxylation sites is 1. The van der Waals surface area contributed by atoms with E-state index in [4.69, 9.17) is 9.47 Å². The van der Waals surface area contributed by atoms with Gasteiger partial charge in [-0.3, -0.25) is 14.4 Å². The third kappa shape index (κ3) is 4.15. The highest BCUT2D eigenvalue weighted by molar-refractivity contribution is 6.21. The zero-order valence-corrected chi connectivity index (χ0v) is 16.8. The minimum atomic E-state index is -0.686. The molecule has 1 aliphatic rings. The van der Waals surface area contributed by atoms with Crippen molar-refractivity contribution in [3.63, 3.8) is 0 Å². The Bertz CT molecular complexity index is 1230. The van der Waals surface area contributed by atoms with Crippen molar-refractivity contribution in [3.8, 4) is 11.5 Å². The number of fused-ring (bicyclic) bond motifs is 1. The van der Waals surface area contributed by atoms with E-state index >= 15 is 0 Å². The summed E-state index contributed by atoms with van der Waals surface area (Å²) in [6.45, 7) is 1.24. The first-order valence-corrected chi connectivity index (χ1v) is 9.55. The van der Waals surface area contributed by atoms with Crippen molar-refractivity contribution in [1.29, 1.82) is 0 Å². The molecule has 0 saturated carbocycles. The van der Waals surface area contributed by atoms with Crippen molar-refractivity contribution in [2.75, 3.05) is 0 Å². The third-order valence-electron chi connectivity index (χ3n) is 4.55. The fraction of sp³-hybridized carbons (Fsp3) is 0.0417. The molecule has 0 N–H and O–H groups in total. The van der Waals surface area contributed by atoms with Crippen LogP contribution < -0.4 is 9.47 Å². The van der Waals surface area contributed by atoms with Crippen LogP contribution in [-0.4, -0.2) is 35.0 Å². The van der Waals surface area contributed by atoms with Crippen LogP contribution in [-0.2, 0) is 4.79 Å². The van der Waals surface area contributed by atoms with Gasteiger partial charge in [-0.25, -0.2) is 4.79 Å². The Morgan fingerprint density at radius 3 is 2.03 bits per heavy atom. The molecule has 32 heavy (non-hydrogen) atoms. The lowest BCUT2D eigenvalue weighted by Crippen LogP contribution is -2.23. The highest BCUT2D eigenvalue weighted by atomic mass is 16.5. The second-order valence-corrected chi connectivity index (χ2v) is 6.76. The number of imide groups is 1. The van der Waals surface area contributed by atoms with Gasteiger partial charge in [0.2, 0.25) is 0 Å². The van der Waals surface area contributed by atoms with E-state index in [1.807, 2.05) is 0 Å². The summed E-state index contributed by atoms with van der Waals surface area (Å²) in [6, 6.07) is 19.1. The Hall–Kier alpha value is -4.59. The summed E-state index contributed by atoms with van der Waals surface area (Å²) in [5.41, 5.74) is 1.32. The minimum Gasteiger partial charge on any atom is -0.426 e. The van der Waals surface area contributed by atoms with E-state index in [0.717, 1.165) is 5.01 Å². The van der Waals surface area contributed by atoms with Crippen molar-refractivity contribution < 1.29 is 28.7 Å². The second-order valence-electron chi connectivity index (χ2n) is 6.76. The number of hydrazone groups is 1. The van der Waals surface area contributed by atoms with Crippen molar-refractivity contribution in [1.82, 2.24) is 5.01 Å². The molecule has 0 atom stereocenters. The topological polar surface area (TPSA) is 102 Å². The first-order valence-electron chi connectivity index (χ1n) is 9.55. The Kier molecular flexibility index (Phi) is 5.59. The van der Waals surface area contributed by atoms with Crippen LogP contribution in [0.1, 0.15) is 43.6 Å². The summed E-state index contributed by atoms with van der Waals surface area (Å²) < 4.78 is 10.4. The third-order valence-corrected chi connectivity index (χ3v) is 4.55. The second kappa shape index (κ2) is 8.65. The van der Waals surface area contributed by atoms with Gasteiger partial charge in [-0.2, -0.15) is 10.1 Å². The molecule has 0 fully saturated rings. The molecule has 0 aliphatic carbocycles. The molecule has 158 valence electrons. The molecular formula is C24H16N2O6. The number of benzene rings is 3. The monoisotopic (exact) mass is 428 g/mol. The number of hydrogen-bond donors (Lipinski definition) is 0. The highest BCUT2D eigenvalue weighted by Crippen LogP contribution is 2.23. The lowest BCUT2D eigenvalue weighted by molar-refractivity contribution is -0.131. The summed E-state index contributed by atoms with van der Waals surface area (Å²) in [5, 5.41) is 4.81. The van der Waals surface area contributed by atoms with Crippen molar-refractivity contribution >= 4 is 30.0 Å². The van der Waals surface area contributed by atoms with Crippen LogP contribution in [0.4, 0.5) is 0 Å². The van der Waals surface area contributed by atoms with Crippen molar-refractivity contribution in [2.45, 2.75) is 6.92 Å². The van der Waals surface area contributed by atoms with Gasteiger partial charge < -0.3 is 9.47 Å². The summed E-state index contributed by atoms with van der Waals surface area (Å²) >= 11 is 0. The van der Waals surface area contributed by atoms with Crippen molar-refractivity contribution in [2.24, 2.45) is 5.10 Å². The van der Waals surface area contributed by atoms with Crippen molar-refractivity contribution in [3.05, 3.63) is 95.1 Å². The van der Waals surface area contributed by atoms with Crippen LogP contribution in [0, 0.1) is 0 Å². The number of carbonyl (C=O) groups is 4. The summed E-state index contributed by atoms with van der Waals surface area (Å²) in [6.07, 6.45) is 1.36. The lowest BCUT2D eigenvalue weighted by atomic mass is 10.1.